The Morgan fingerprint density at radius 1 is 1.69 bits per heavy atom. The molecular formula is C9H15N3O. The lowest BCUT2D eigenvalue weighted by Gasteiger charge is -1.99. The van der Waals surface area contributed by atoms with E-state index in [0.717, 1.165) is 12.1 Å². The number of hydrogen-bond acceptors (Lipinski definition) is 2. The fourth-order valence-electron chi connectivity index (χ4n) is 1.20. The summed E-state index contributed by atoms with van der Waals surface area (Å²) in [5, 5.41) is 0. The largest absolute Gasteiger partial charge is 0.368 e. The Hall–Kier alpha value is -1.32. The predicted molar refractivity (Wildman–Crippen MR) is 50.0 cm³/mol. The Labute approximate surface area is 77.8 Å². The molecule has 1 heterocycles. The number of carbonyl (C=O) groups excluding carboxylic acids is 1. The van der Waals surface area contributed by atoms with Gasteiger partial charge in [0.15, 0.2) is 0 Å². The van der Waals surface area contributed by atoms with Crippen LogP contribution < -0.4 is 5.73 Å². The van der Waals surface area contributed by atoms with Crippen LogP contribution in [0.1, 0.15) is 19.5 Å². The minimum absolute atomic E-state index is 0.213. The van der Waals surface area contributed by atoms with Crippen molar-refractivity contribution in [1.29, 1.82) is 0 Å². The molecule has 0 atom stereocenters. The van der Waals surface area contributed by atoms with Crippen LogP contribution in [0.4, 0.5) is 0 Å². The summed E-state index contributed by atoms with van der Waals surface area (Å²) >= 11 is 0. The van der Waals surface area contributed by atoms with Gasteiger partial charge in [0, 0.05) is 6.20 Å². The van der Waals surface area contributed by atoms with E-state index < -0.39 is 0 Å². The van der Waals surface area contributed by atoms with Gasteiger partial charge >= 0.3 is 0 Å². The Balaban J connectivity index is 2.58. The van der Waals surface area contributed by atoms with Crippen LogP contribution in [0.3, 0.4) is 0 Å². The molecule has 0 fully saturated rings. The number of hydrogen-bond donors (Lipinski definition) is 1. The van der Waals surface area contributed by atoms with Gasteiger partial charge in [-0.25, -0.2) is 4.98 Å². The third-order valence-electron chi connectivity index (χ3n) is 1.64. The lowest BCUT2D eigenvalue weighted by molar-refractivity contribution is -0.118. The van der Waals surface area contributed by atoms with Crippen molar-refractivity contribution in [2.24, 2.45) is 11.7 Å². The summed E-state index contributed by atoms with van der Waals surface area (Å²) < 4.78 is 1.71. The van der Waals surface area contributed by atoms with E-state index in [0.29, 0.717) is 5.92 Å². The first-order valence-electron chi connectivity index (χ1n) is 4.37. The molecule has 1 rings (SSSR count). The highest BCUT2D eigenvalue weighted by atomic mass is 16.1. The molecule has 0 saturated carbocycles. The monoisotopic (exact) mass is 181 g/mol. The molecule has 4 heteroatoms. The second-order valence-electron chi connectivity index (χ2n) is 3.60. The van der Waals surface area contributed by atoms with Gasteiger partial charge in [-0.05, 0) is 12.3 Å². The normalized spacial score (nSPS) is 10.7. The van der Waals surface area contributed by atoms with Gasteiger partial charge < -0.3 is 10.3 Å². The van der Waals surface area contributed by atoms with E-state index in [1.807, 2.05) is 6.20 Å². The van der Waals surface area contributed by atoms with Crippen molar-refractivity contribution in [3.63, 3.8) is 0 Å². The third kappa shape index (κ3) is 3.27. The van der Waals surface area contributed by atoms with Crippen LogP contribution in [0.15, 0.2) is 12.5 Å². The van der Waals surface area contributed by atoms with Gasteiger partial charge in [-0.2, -0.15) is 0 Å². The zero-order valence-electron chi connectivity index (χ0n) is 8.03. The summed E-state index contributed by atoms with van der Waals surface area (Å²) in [7, 11) is 0. The van der Waals surface area contributed by atoms with Crippen LogP contribution >= 0.6 is 0 Å². The highest BCUT2D eigenvalue weighted by molar-refractivity contribution is 5.73. The molecule has 0 bridgehead atoms. The van der Waals surface area contributed by atoms with Gasteiger partial charge in [-0.3, -0.25) is 4.79 Å². The molecule has 4 nitrogen and oxygen atoms in total. The maximum absolute atomic E-state index is 10.6. The van der Waals surface area contributed by atoms with Crippen molar-refractivity contribution in [2.75, 3.05) is 0 Å². The van der Waals surface area contributed by atoms with Crippen LogP contribution in [0, 0.1) is 5.92 Å². The first-order valence-corrected chi connectivity index (χ1v) is 4.37. The summed E-state index contributed by atoms with van der Waals surface area (Å²) in [6, 6.07) is 0. The van der Waals surface area contributed by atoms with Gasteiger partial charge in [-0.1, -0.05) is 13.8 Å². The number of rotatable bonds is 4. The van der Waals surface area contributed by atoms with E-state index in [2.05, 4.69) is 18.8 Å². The Morgan fingerprint density at radius 3 is 2.92 bits per heavy atom. The summed E-state index contributed by atoms with van der Waals surface area (Å²) in [6.07, 6.45) is 4.44. The van der Waals surface area contributed by atoms with Crippen LogP contribution in [0.5, 0.6) is 0 Å². The molecule has 72 valence electrons. The Morgan fingerprint density at radius 2 is 2.38 bits per heavy atom. The van der Waals surface area contributed by atoms with Crippen molar-refractivity contribution in [3.05, 3.63) is 18.2 Å². The van der Waals surface area contributed by atoms with Crippen molar-refractivity contribution >= 4 is 5.91 Å². The van der Waals surface area contributed by atoms with E-state index >= 15 is 0 Å². The molecule has 0 saturated heterocycles. The van der Waals surface area contributed by atoms with Crippen molar-refractivity contribution in [3.8, 4) is 0 Å². The van der Waals surface area contributed by atoms with Gasteiger partial charge in [0.25, 0.3) is 0 Å². The van der Waals surface area contributed by atoms with Gasteiger partial charge in [0.1, 0.15) is 6.54 Å². The smallest absolute Gasteiger partial charge is 0.237 e. The van der Waals surface area contributed by atoms with Crippen molar-refractivity contribution in [1.82, 2.24) is 9.55 Å². The standard InChI is InChI=1S/C9H15N3O/c1-7(2)3-8-4-12(6-11-8)5-9(10)13/h4,6-7H,3,5H2,1-2H3,(H2,10,13). The molecule has 0 aromatic carbocycles. The van der Waals surface area contributed by atoms with Crippen LogP contribution in [-0.2, 0) is 17.8 Å². The lowest BCUT2D eigenvalue weighted by Crippen LogP contribution is -2.17. The number of amides is 1. The number of carbonyl (C=O) groups is 1. The molecular weight excluding hydrogens is 166 g/mol. The number of imidazole rings is 1. The number of aromatic nitrogens is 2. The van der Waals surface area contributed by atoms with Gasteiger partial charge in [0.05, 0.1) is 12.0 Å². The van der Waals surface area contributed by atoms with Gasteiger partial charge in [0.2, 0.25) is 5.91 Å². The van der Waals surface area contributed by atoms with E-state index in [4.69, 9.17) is 5.73 Å². The molecule has 0 radical (unpaired) electrons. The summed E-state index contributed by atoms with van der Waals surface area (Å²) in [6.45, 7) is 4.48. The molecule has 1 aromatic heterocycles. The molecule has 13 heavy (non-hydrogen) atoms. The average Bonchev–Trinajstić information content (AvgIpc) is 2.33. The molecule has 0 aliphatic carbocycles. The highest BCUT2D eigenvalue weighted by Gasteiger charge is 2.02. The quantitative estimate of drug-likeness (QED) is 0.738. The maximum Gasteiger partial charge on any atom is 0.237 e. The molecule has 2 N–H and O–H groups in total. The minimum atomic E-state index is -0.339. The fraction of sp³-hybridized carbons (Fsp3) is 0.556. The third-order valence-corrected chi connectivity index (χ3v) is 1.64. The van der Waals surface area contributed by atoms with Crippen LogP contribution in [0.25, 0.3) is 0 Å². The fourth-order valence-corrected chi connectivity index (χ4v) is 1.20. The van der Waals surface area contributed by atoms with E-state index in [9.17, 15) is 4.79 Å². The molecule has 1 aromatic rings. The summed E-state index contributed by atoms with van der Waals surface area (Å²) in [4.78, 5) is 14.7. The van der Waals surface area contributed by atoms with Gasteiger partial charge in [-0.15, -0.1) is 0 Å². The number of nitrogens with zero attached hydrogens (tertiary/aromatic N) is 2. The second kappa shape index (κ2) is 4.07. The highest BCUT2D eigenvalue weighted by Crippen LogP contribution is 2.04. The molecule has 0 unspecified atom stereocenters. The SMILES string of the molecule is CC(C)Cc1cn(CC(N)=O)cn1. The molecule has 1 amide bonds. The molecule has 0 aliphatic heterocycles. The molecule has 0 aliphatic rings. The maximum atomic E-state index is 10.6. The summed E-state index contributed by atoms with van der Waals surface area (Å²) in [5.74, 6) is 0.241. The molecule has 0 spiro atoms. The van der Waals surface area contributed by atoms with E-state index in [1.165, 1.54) is 0 Å². The lowest BCUT2D eigenvalue weighted by atomic mass is 10.1. The number of nitrogens with two attached hydrogens (primary N) is 1. The second-order valence-corrected chi connectivity index (χ2v) is 3.60. The number of primary amides is 1. The minimum Gasteiger partial charge on any atom is -0.368 e. The predicted octanol–water partition coefficient (Wildman–Crippen LogP) is 0.567. The topological polar surface area (TPSA) is 60.9 Å². The zero-order valence-corrected chi connectivity index (χ0v) is 8.03. The Kier molecular flexibility index (Phi) is 3.06. The van der Waals surface area contributed by atoms with Crippen LogP contribution in [-0.4, -0.2) is 15.5 Å². The van der Waals surface area contributed by atoms with E-state index in [-0.39, 0.29) is 12.5 Å². The van der Waals surface area contributed by atoms with Crippen molar-refractivity contribution in [2.45, 2.75) is 26.8 Å². The Bertz CT molecular complexity index is 291. The van der Waals surface area contributed by atoms with Crippen LogP contribution in [0.2, 0.25) is 0 Å². The zero-order chi connectivity index (χ0) is 9.84. The first kappa shape index (κ1) is 9.77. The average molecular weight is 181 g/mol. The first-order chi connectivity index (χ1) is 6.08. The van der Waals surface area contributed by atoms with E-state index in [1.54, 1.807) is 10.9 Å². The van der Waals surface area contributed by atoms with Crippen molar-refractivity contribution < 1.29 is 4.79 Å². The summed E-state index contributed by atoms with van der Waals surface area (Å²) in [5.41, 5.74) is 6.06.